The molecule has 2 aromatic rings. The third-order valence-electron chi connectivity index (χ3n) is 4.74. The van der Waals surface area contributed by atoms with Crippen LogP contribution in [0.2, 0.25) is 0 Å². The standard InChI is InChI=1S/C19H32N5O6PS/c1-18(2,3)8-10-12(29-31(26,32)30-19(4,5)6)13(27-7)16(28-10)24-9-21-11-14(24)22-17(20)23-15(11)25/h9-10,12-13,16H,8H2,1-7H3,(H,26,32)(H3,20,22,23,25)/t10-,12?,13+,16-,31?/m1/s1. The lowest BCUT2D eigenvalue weighted by atomic mass is 9.87. The van der Waals surface area contributed by atoms with Gasteiger partial charge >= 0.3 is 6.72 Å². The first-order valence-corrected chi connectivity index (χ1v) is 12.8. The number of fused-ring (bicyclic) bond motifs is 1. The Bertz CT molecular complexity index is 1070. The highest BCUT2D eigenvalue weighted by molar-refractivity contribution is 8.07. The molecule has 1 saturated heterocycles. The number of H-pyrrole nitrogens is 1. The fourth-order valence-electron chi connectivity index (χ4n) is 3.73. The largest absolute Gasteiger partial charge is 0.374 e. The van der Waals surface area contributed by atoms with Gasteiger partial charge in [-0.25, -0.2) is 4.98 Å². The number of nitrogens with one attached hydrogen (secondary N) is 1. The van der Waals surface area contributed by atoms with Gasteiger partial charge in [-0.05, 0) is 44.4 Å². The third kappa shape index (κ3) is 5.74. The van der Waals surface area contributed by atoms with E-state index in [0.29, 0.717) is 6.42 Å². The van der Waals surface area contributed by atoms with Crippen molar-refractivity contribution >= 4 is 35.6 Å². The number of imidazole rings is 1. The van der Waals surface area contributed by atoms with E-state index in [1.165, 1.54) is 13.4 Å². The summed E-state index contributed by atoms with van der Waals surface area (Å²) in [4.78, 5) is 33.8. The second-order valence-electron chi connectivity index (χ2n) is 10.0. The summed E-state index contributed by atoms with van der Waals surface area (Å²) in [6.45, 7) is 7.93. The van der Waals surface area contributed by atoms with Gasteiger partial charge in [0, 0.05) is 7.11 Å². The minimum atomic E-state index is -3.63. The zero-order chi connectivity index (χ0) is 24.1. The number of anilines is 1. The molecule has 3 rings (SSSR count). The second-order valence-corrected chi connectivity index (χ2v) is 12.8. The van der Waals surface area contributed by atoms with Crippen molar-refractivity contribution in [2.24, 2.45) is 5.41 Å². The van der Waals surface area contributed by atoms with Crippen LogP contribution in [0, 0.1) is 5.41 Å². The molecule has 32 heavy (non-hydrogen) atoms. The Morgan fingerprint density at radius 1 is 1.31 bits per heavy atom. The number of ether oxygens (including phenoxy) is 2. The first-order valence-electron chi connectivity index (χ1n) is 10.2. The molecule has 1 aliphatic heterocycles. The molecule has 5 atom stereocenters. The van der Waals surface area contributed by atoms with Gasteiger partial charge in [0.15, 0.2) is 17.4 Å². The Labute approximate surface area is 191 Å². The average Bonchev–Trinajstić information content (AvgIpc) is 3.12. The smallest absolute Gasteiger partial charge is 0.325 e. The Balaban J connectivity index is 2.02. The van der Waals surface area contributed by atoms with Crippen LogP contribution in [0.1, 0.15) is 54.2 Å². The molecule has 0 amide bonds. The van der Waals surface area contributed by atoms with Crippen LogP contribution in [-0.4, -0.2) is 55.4 Å². The highest BCUT2D eigenvalue weighted by Gasteiger charge is 2.50. The summed E-state index contributed by atoms with van der Waals surface area (Å²) in [6, 6.07) is 0. The quantitative estimate of drug-likeness (QED) is 0.517. The molecule has 0 aromatic carbocycles. The van der Waals surface area contributed by atoms with E-state index in [2.05, 4.69) is 35.7 Å². The number of aromatic amines is 1. The van der Waals surface area contributed by atoms with Gasteiger partial charge in [0.25, 0.3) is 5.56 Å². The van der Waals surface area contributed by atoms with E-state index >= 15 is 0 Å². The molecule has 3 heterocycles. The van der Waals surface area contributed by atoms with E-state index in [9.17, 15) is 9.69 Å². The van der Waals surface area contributed by atoms with Crippen molar-refractivity contribution in [2.45, 2.75) is 78.1 Å². The van der Waals surface area contributed by atoms with E-state index in [1.807, 2.05) is 0 Å². The molecule has 1 fully saturated rings. The van der Waals surface area contributed by atoms with Crippen molar-refractivity contribution in [3.05, 3.63) is 16.7 Å². The molecule has 2 unspecified atom stereocenters. The van der Waals surface area contributed by atoms with Crippen molar-refractivity contribution in [1.29, 1.82) is 0 Å². The van der Waals surface area contributed by atoms with Crippen LogP contribution >= 0.6 is 6.72 Å². The fourth-order valence-corrected chi connectivity index (χ4v) is 6.00. The van der Waals surface area contributed by atoms with E-state index in [-0.39, 0.29) is 22.5 Å². The number of nitrogen functional groups attached to an aromatic ring is 1. The zero-order valence-corrected chi connectivity index (χ0v) is 21.1. The highest BCUT2D eigenvalue weighted by Crippen LogP contribution is 2.52. The molecular weight excluding hydrogens is 457 g/mol. The molecular formula is C19H32N5O6PS. The minimum Gasteiger partial charge on any atom is -0.374 e. The number of hydrogen-bond acceptors (Lipinski definition) is 9. The summed E-state index contributed by atoms with van der Waals surface area (Å²) in [5.41, 5.74) is 4.83. The molecule has 1 aliphatic rings. The van der Waals surface area contributed by atoms with Gasteiger partial charge in [0.1, 0.15) is 12.2 Å². The first kappa shape index (κ1) is 25.2. The number of aromatic nitrogens is 4. The summed E-state index contributed by atoms with van der Waals surface area (Å²) in [6.07, 6.45) is -0.637. The Hall–Kier alpha value is -1.40. The van der Waals surface area contributed by atoms with Crippen molar-refractivity contribution in [3.8, 4) is 0 Å². The maximum atomic E-state index is 12.2. The SMILES string of the molecule is CO[C@H]1C(OP(O)(=S)OC(C)(C)C)[C@@H](CC(C)(C)C)O[C@H]1n1cnc2c(=O)[nH]c(N)nc21. The lowest BCUT2D eigenvalue weighted by Crippen LogP contribution is -2.37. The third-order valence-corrected chi connectivity index (χ3v) is 6.51. The highest BCUT2D eigenvalue weighted by atomic mass is 32.5. The van der Waals surface area contributed by atoms with Crippen molar-refractivity contribution in [3.63, 3.8) is 0 Å². The Kier molecular flexibility index (Phi) is 6.90. The molecule has 11 nitrogen and oxygen atoms in total. The lowest BCUT2D eigenvalue weighted by Gasteiger charge is -2.32. The summed E-state index contributed by atoms with van der Waals surface area (Å²) in [5, 5.41) is 0. The number of hydrogen-bond donors (Lipinski definition) is 3. The molecule has 0 bridgehead atoms. The topological polar surface area (TPSA) is 147 Å². The summed E-state index contributed by atoms with van der Waals surface area (Å²) in [7, 11) is 1.51. The van der Waals surface area contributed by atoms with Gasteiger partial charge in [-0.15, -0.1) is 0 Å². The normalized spacial score (nSPS) is 26.5. The van der Waals surface area contributed by atoms with Crippen molar-refractivity contribution < 1.29 is 23.4 Å². The number of rotatable bonds is 6. The molecule has 0 spiro atoms. The van der Waals surface area contributed by atoms with Crippen LogP contribution < -0.4 is 11.3 Å². The lowest BCUT2D eigenvalue weighted by molar-refractivity contribution is -0.0549. The van der Waals surface area contributed by atoms with Crippen molar-refractivity contribution in [1.82, 2.24) is 19.5 Å². The Morgan fingerprint density at radius 2 is 1.97 bits per heavy atom. The van der Waals surface area contributed by atoms with Gasteiger partial charge < -0.3 is 24.6 Å². The second kappa shape index (κ2) is 8.75. The minimum absolute atomic E-state index is 0.0420. The number of nitrogens with zero attached hydrogens (tertiary/aromatic N) is 3. The van der Waals surface area contributed by atoms with Crippen LogP contribution in [-0.2, 0) is 30.3 Å². The predicted molar refractivity (Wildman–Crippen MR) is 124 cm³/mol. The van der Waals surface area contributed by atoms with Gasteiger partial charge in [-0.1, -0.05) is 20.8 Å². The molecule has 0 saturated carbocycles. The van der Waals surface area contributed by atoms with Crippen LogP contribution in [0.5, 0.6) is 0 Å². The summed E-state index contributed by atoms with van der Waals surface area (Å²) >= 11 is 5.29. The summed E-state index contributed by atoms with van der Waals surface area (Å²) in [5.74, 6) is -0.0420. The number of methoxy groups -OCH3 is 1. The molecule has 180 valence electrons. The molecule has 4 N–H and O–H groups in total. The first-order chi connectivity index (χ1) is 14.6. The van der Waals surface area contributed by atoms with Crippen LogP contribution in [0.15, 0.2) is 11.1 Å². The van der Waals surface area contributed by atoms with Crippen LogP contribution in [0.4, 0.5) is 5.95 Å². The Morgan fingerprint density at radius 3 is 2.53 bits per heavy atom. The maximum absolute atomic E-state index is 12.2. The van der Waals surface area contributed by atoms with Gasteiger partial charge in [-0.3, -0.25) is 18.9 Å². The maximum Gasteiger partial charge on any atom is 0.325 e. The molecule has 0 radical (unpaired) electrons. The van der Waals surface area contributed by atoms with Crippen molar-refractivity contribution in [2.75, 3.05) is 12.8 Å². The van der Waals surface area contributed by atoms with Crippen LogP contribution in [0.25, 0.3) is 11.2 Å². The van der Waals surface area contributed by atoms with E-state index in [0.717, 1.165) is 0 Å². The zero-order valence-electron chi connectivity index (χ0n) is 19.4. The fraction of sp³-hybridized carbons (Fsp3) is 0.737. The summed E-state index contributed by atoms with van der Waals surface area (Å²) < 4.78 is 25.3. The van der Waals surface area contributed by atoms with Gasteiger partial charge in [0.2, 0.25) is 5.95 Å². The number of nitrogens with two attached hydrogens (primary N) is 1. The van der Waals surface area contributed by atoms with E-state index < -0.39 is 42.4 Å². The van der Waals surface area contributed by atoms with E-state index in [4.69, 9.17) is 36.1 Å². The molecule has 13 heteroatoms. The average molecular weight is 490 g/mol. The van der Waals surface area contributed by atoms with Crippen LogP contribution in [0.3, 0.4) is 0 Å². The molecule has 0 aliphatic carbocycles. The van der Waals surface area contributed by atoms with Gasteiger partial charge in [-0.2, -0.15) is 4.98 Å². The molecule has 2 aromatic heterocycles. The van der Waals surface area contributed by atoms with Gasteiger partial charge in [0.05, 0.1) is 18.0 Å². The predicted octanol–water partition coefficient (Wildman–Crippen LogP) is 2.47. The van der Waals surface area contributed by atoms with E-state index in [1.54, 1.807) is 25.3 Å². The monoisotopic (exact) mass is 489 g/mol.